The standard InChI is InChI=1S/C19H18O4S/c20-12-13-24(21,22)19-11-10-18(16-8-4-5-9-17(16)19)23-14-15-6-2-1-3-7-15/h1-11,20H,12-14H2. The number of ether oxygens (including phenoxy) is 1. The van der Waals surface area contributed by atoms with E-state index in [0.29, 0.717) is 17.7 Å². The molecule has 3 rings (SSSR count). The summed E-state index contributed by atoms with van der Waals surface area (Å²) in [6, 6.07) is 20.3. The van der Waals surface area contributed by atoms with Gasteiger partial charge in [-0.15, -0.1) is 0 Å². The van der Waals surface area contributed by atoms with Crippen LogP contribution in [0.5, 0.6) is 5.75 Å². The van der Waals surface area contributed by atoms with Crippen LogP contribution in [0.1, 0.15) is 5.56 Å². The van der Waals surface area contributed by atoms with E-state index in [1.54, 1.807) is 24.3 Å². The highest BCUT2D eigenvalue weighted by Gasteiger charge is 2.18. The highest BCUT2D eigenvalue weighted by molar-refractivity contribution is 7.91. The first-order chi connectivity index (χ1) is 11.6. The van der Waals surface area contributed by atoms with Gasteiger partial charge in [-0.05, 0) is 17.7 Å². The Labute approximate surface area is 141 Å². The summed E-state index contributed by atoms with van der Waals surface area (Å²) in [5, 5.41) is 10.3. The summed E-state index contributed by atoms with van der Waals surface area (Å²) < 4.78 is 30.6. The second-order valence-corrected chi connectivity index (χ2v) is 7.50. The largest absolute Gasteiger partial charge is 0.488 e. The first kappa shape index (κ1) is 16.5. The van der Waals surface area contributed by atoms with Crippen LogP contribution in [0.4, 0.5) is 0 Å². The van der Waals surface area contributed by atoms with Crippen LogP contribution in [0.2, 0.25) is 0 Å². The highest BCUT2D eigenvalue weighted by atomic mass is 32.2. The molecule has 1 N–H and O–H groups in total. The van der Waals surface area contributed by atoms with Crippen LogP contribution in [0.15, 0.2) is 71.6 Å². The van der Waals surface area contributed by atoms with Gasteiger partial charge < -0.3 is 9.84 Å². The molecule has 0 spiro atoms. The molecule has 124 valence electrons. The lowest BCUT2D eigenvalue weighted by Gasteiger charge is -2.13. The minimum Gasteiger partial charge on any atom is -0.488 e. The fourth-order valence-corrected chi connectivity index (χ4v) is 3.86. The van der Waals surface area contributed by atoms with Crippen LogP contribution < -0.4 is 4.74 Å². The van der Waals surface area contributed by atoms with Crippen molar-refractivity contribution in [3.63, 3.8) is 0 Å². The summed E-state index contributed by atoms with van der Waals surface area (Å²) in [6.45, 7) is 0.0104. The van der Waals surface area contributed by atoms with Crippen molar-refractivity contribution in [3.8, 4) is 5.75 Å². The number of hydrogen-bond donors (Lipinski definition) is 1. The van der Waals surface area contributed by atoms with Crippen LogP contribution in [-0.2, 0) is 16.4 Å². The molecule has 0 atom stereocenters. The number of fused-ring (bicyclic) bond motifs is 1. The fourth-order valence-electron chi connectivity index (χ4n) is 2.61. The number of aliphatic hydroxyl groups excluding tert-OH is 1. The van der Waals surface area contributed by atoms with E-state index in [2.05, 4.69) is 0 Å². The highest BCUT2D eigenvalue weighted by Crippen LogP contribution is 2.32. The molecule has 0 bridgehead atoms. The lowest BCUT2D eigenvalue weighted by atomic mass is 10.1. The van der Waals surface area contributed by atoms with Gasteiger partial charge in [0.2, 0.25) is 0 Å². The van der Waals surface area contributed by atoms with Gasteiger partial charge in [0.25, 0.3) is 0 Å². The van der Waals surface area contributed by atoms with Crippen molar-refractivity contribution in [1.29, 1.82) is 0 Å². The van der Waals surface area contributed by atoms with Crippen molar-refractivity contribution in [1.82, 2.24) is 0 Å². The van der Waals surface area contributed by atoms with Crippen molar-refractivity contribution in [3.05, 3.63) is 72.3 Å². The summed E-state index contributed by atoms with van der Waals surface area (Å²) in [5.74, 6) is 0.346. The zero-order chi connectivity index (χ0) is 17.0. The summed E-state index contributed by atoms with van der Waals surface area (Å²) in [7, 11) is -3.53. The van der Waals surface area contributed by atoms with Gasteiger partial charge >= 0.3 is 0 Å². The topological polar surface area (TPSA) is 63.6 Å². The third kappa shape index (κ3) is 3.42. The number of benzene rings is 3. The van der Waals surface area contributed by atoms with E-state index in [4.69, 9.17) is 9.84 Å². The van der Waals surface area contributed by atoms with Crippen LogP contribution in [0.3, 0.4) is 0 Å². The Hall–Kier alpha value is -2.37. The SMILES string of the molecule is O=S(=O)(CCO)c1ccc(OCc2ccccc2)c2ccccc12. The second kappa shape index (κ2) is 7.03. The summed E-state index contributed by atoms with van der Waals surface area (Å²) in [6.07, 6.45) is 0. The Morgan fingerprint density at radius 3 is 2.21 bits per heavy atom. The molecule has 0 aliphatic carbocycles. The number of rotatable bonds is 6. The third-order valence-corrected chi connectivity index (χ3v) is 5.52. The zero-order valence-corrected chi connectivity index (χ0v) is 13.9. The van der Waals surface area contributed by atoms with E-state index in [1.807, 2.05) is 42.5 Å². The van der Waals surface area contributed by atoms with Gasteiger partial charge in [0.15, 0.2) is 9.84 Å². The van der Waals surface area contributed by atoms with Gasteiger partial charge in [0, 0.05) is 10.8 Å². The average Bonchev–Trinajstić information content (AvgIpc) is 2.60. The Balaban J connectivity index is 1.99. The molecular weight excluding hydrogens is 324 g/mol. The van der Waals surface area contributed by atoms with Gasteiger partial charge in [-0.1, -0.05) is 54.6 Å². The lowest BCUT2D eigenvalue weighted by molar-refractivity contribution is 0.310. The van der Waals surface area contributed by atoms with E-state index in [1.165, 1.54) is 0 Å². The van der Waals surface area contributed by atoms with E-state index in [0.717, 1.165) is 10.9 Å². The average molecular weight is 342 g/mol. The van der Waals surface area contributed by atoms with Crippen molar-refractivity contribution in [2.24, 2.45) is 0 Å². The van der Waals surface area contributed by atoms with Crippen molar-refractivity contribution >= 4 is 20.6 Å². The molecule has 0 radical (unpaired) electrons. The maximum absolute atomic E-state index is 12.3. The molecule has 5 heteroatoms. The Morgan fingerprint density at radius 2 is 1.50 bits per heavy atom. The molecule has 0 saturated carbocycles. The molecule has 0 aliphatic rings. The first-order valence-corrected chi connectivity index (χ1v) is 9.29. The van der Waals surface area contributed by atoms with Gasteiger partial charge in [0.1, 0.15) is 12.4 Å². The Bertz CT molecular complexity index is 934. The molecule has 0 heterocycles. The number of hydrogen-bond acceptors (Lipinski definition) is 4. The van der Waals surface area contributed by atoms with Crippen molar-refractivity contribution in [2.75, 3.05) is 12.4 Å². The van der Waals surface area contributed by atoms with Crippen LogP contribution in [-0.4, -0.2) is 25.9 Å². The normalized spacial score (nSPS) is 11.5. The molecule has 4 nitrogen and oxygen atoms in total. The fraction of sp³-hybridized carbons (Fsp3) is 0.158. The van der Waals surface area contributed by atoms with E-state index in [-0.39, 0.29) is 10.6 Å². The van der Waals surface area contributed by atoms with E-state index >= 15 is 0 Å². The van der Waals surface area contributed by atoms with Crippen LogP contribution in [0.25, 0.3) is 10.8 Å². The predicted molar refractivity (Wildman–Crippen MR) is 93.9 cm³/mol. The van der Waals surface area contributed by atoms with E-state index in [9.17, 15) is 8.42 Å². The van der Waals surface area contributed by atoms with Crippen molar-refractivity contribution < 1.29 is 18.3 Å². The van der Waals surface area contributed by atoms with Gasteiger partial charge in [-0.25, -0.2) is 8.42 Å². The lowest BCUT2D eigenvalue weighted by Crippen LogP contribution is -2.10. The monoisotopic (exact) mass is 342 g/mol. The smallest absolute Gasteiger partial charge is 0.181 e. The minimum atomic E-state index is -3.53. The summed E-state index contributed by atoms with van der Waals surface area (Å²) in [4.78, 5) is 0.221. The maximum Gasteiger partial charge on any atom is 0.181 e. The number of sulfone groups is 1. The second-order valence-electron chi connectivity index (χ2n) is 5.42. The Kier molecular flexibility index (Phi) is 4.83. The summed E-state index contributed by atoms with van der Waals surface area (Å²) >= 11 is 0. The predicted octanol–water partition coefficient (Wildman–Crippen LogP) is 3.18. The number of aliphatic hydroxyl groups is 1. The molecule has 0 saturated heterocycles. The molecule has 3 aromatic carbocycles. The molecular formula is C19H18O4S. The van der Waals surface area contributed by atoms with Crippen LogP contribution >= 0.6 is 0 Å². The summed E-state index contributed by atoms with van der Waals surface area (Å²) in [5.41, 5.74) is 1.04. The molecule has 0 fully saturated rings. The van der Waals surface area contributed by atoms with Crippen LogP contribution in [0, 0.1) is 0 Å². The first-order valence-electron chi connectivity index (χ1n) is 7.64. The van der Waals surface area contributed by atoms with E-state index < -0.39 is 16.4 Å². The minimum absolute atomic E-state index is 0.221. The van der Waals surface area contributed by atoms with Crippen molar-refractivity contribution in [2.45, 2.75) is 11.5 Å². The molecule has 0 aromatic heterocycles. The quantitative estimate of drug-likeness (QED) is 0.747. The molecule has 0 unspecified atom stereocenters. The zero-order valence-electron chi connectivity index (χ0n) is 13.1. The van der Waals surface area contributed by atoms with Gasteiger partial charge in [-0.2, -0.15) is 0 Å². The van der Waals surface area contributed by atoms with Gasteiger partial charge in [0.05, 0.1) is 17.3 Å². The molecule has 24 heavy (non-hydrogen) atoms. The molecule has 3 aromatic rings. The molecule has 0 aliphatic heterocycles. The van der Waals surface area contributed by atoms with Gasteiger partial charge in [-0.3, -0.25) is 0 Å². The third-order valence-electron chi connectivity index (χ3n) is 3.78. The maximum atomic E-state index is 12.3. The Morgan fingerprint density at radius 1 is 0.833 bits per heavy atom. The molecule has 0 amide bonds.